The number of anilines is 1. The van der Waals surface area contributed by atoms with Crippen LogP contribution in [0.15, 0.2) is 47.5 Å². The van der Waals surface area contributed by atoms with Gasteiger partial charge in [0, 0.05) is 25.8 Å². The lowest BCUT2D eigenvalue weighted by Crippen LogP contribution is -2.40. The molecule has 146 valence electrons. The molecule has 0 saturated heterocycles. The summed E-state index contributed by atoms with van der Waals surface area (Å²) in [6.45, 7) is -1.63. The van der Waals surface area contributed by atoms with Crippen LogP contribution in [0.4, 0.5) is 14.5 Å². The van der Waals surface area contributed by atoms with Crippen LogP contribution in [0.2, 0.25) is 0 Å². The van der Waals surface area contributed by atoms with Gasteiger partial charge in [-0.3, -0.25) is 4.99 Å². The molecule has 2 aromatic carbocycles. The van der Waals surface area contributed by atoms with Gasteiger partial charge in [0.2, 0.25) is 0 Å². The van der Waals surface area contributed by atoms with Gasteiger partial charge < -0.3 is 19.7 Å². The van der Waals surface area contributed by atoms with E-state index in [0.29, 0.717) is 6.54 Å². The predicted molar refractivity (Wildman–Crippen MR) is 113 cm³/mol. The Labute approximate surface area is 174 Å². The topological polar surface area (TPSA) is 46.1 Å². The summed E-state index contributed by atoms with van der Waals surface area (Å²) in [5.41, 5.74) is 3.21. The Hall–Kier alpha value is -2.10. The maximum absolute atomic E-state index is 12.6. The lowest BCUT2D eigenvalue weighted by atomic mass is 10.2. The Balaban J connectivity index is 0.00000261. The van der Waals surface area contributed by atoms with Crippen molar-refractivity contribution in [3.05, 3.63) is 53.6 Å². The number of hydrogen-bond donors (Lipinski definition) is 1. The van der Waals surface area contributed by atoms with E-state index in [1.165, 1.54) is 12.7 Å². The van der Waals surface area contributed by atoms with Crippen LogP contribution in [0.25, 0.3) is 0 Å². The number of aliphatic imine (C=N–C) groups is 1. The summed E-state index contributed by atoms with van der Waals surface area (Å²) in [5.74, 6) is 1.03. The molecule has 0 fully saturated rings. The summed E-state index contributed by atoms with van der Waals surface area (Å²) in [7, 11) is 3.14. The summed E-state index contributed by atoms with van der Waals surface area (Å²) < 4.78 is 34.7. The van der Waals surface area contributed by atoms with Crippen LogP contribution < -0.4 is 19.7 Å². The monoisotopic (exact) mass is 489 g/mol. The molecule has 0 unspecified atom stereocenters. The van der Waals surface area contributed by atoms with Crippen molar-refractivity contribution in [3.8, 4) is 11.5 Å². The van der Waals surface area contributed by atoms with Gasteiger partial charge in [-0.25, -0.2) is 0 Å². The standard InChI is InChI=1S/C19H21F2N3O2.HI/c1-22-19(24-10-9-14-5-3-4-6-15(14)24)23-12-13-7-8-16(25-2)17(11-13)26-18(20)21;/h3-8,11,18H,9-10,12H2,1-2H3,(H,22,23);1H. The van der Waals surface area contributed by atoms with Gasteiger partial charge in [0.25, 0.3) is 0 Å². The van der Waals surface area contributed by atoms with Gasteiger partial charge in [-0.15, -0.1) is 24.0 Å². The number of benzene rings is 2. The van der Waals surface area contributed by atoms with Crippen LogP contribution in [0.1, 0.15) is 11.1 Å². The Morgan fingerprint density at radius 3 is 2.70 bits per heavy atom. The van der Waals surface area contributed by atoms with Gasteiger partial charge in [0.1, 0.15) is 0 Å². The number of methoxy groups -OCH3 is 1. The summed E-state index contributed by atoms with van der Waals surface area (Å²) >= 11 is 0. The summed E-state index contributed by atoms with van der Waals surface area (Å²) in [6.07, 6.45) is 0.964. The number of alkyl halides is 2. The number of ether oxygens (including phenoxy) is 2. The fourth-order valence-corrected chi connectivity index (χ4v) is 3.05. The first-order valence-corrected chi connectivity index (χ1v) is 8.30. The van der Waals surface area contributed by atoms with Crippen LogP contribution in [-0.4, -0.2) is 33.3 Å². The largest absolute Gasteiger partial charge is 0.493 e. The number of para-hydroxylation sites is 1. The molecular weight excluding hydrogens is 467 g/mol. The fraction of sp³-hybridized carbons (Fsp3) is 0.316. The first kappa shape index (κ1) is 21.2. The maximum atomic E-state index is 12.6. The molecular formula is C19H22F2IN3O2. The number of halogens is 3. The Kier molecular flexibility index (Phi) is 7.64. The van der Waals surface area contributed by atoms with Gasteiger partial charge in [0.05, 0.1) is 7.11 Å². The van der Waals surface area contributed by atoms with Crippen molar-refractivity contribution in [2.45, 2.75) is 19.6 Å². The van der Waals surface area contributed by atoms with E-state index >= 15 is 0 Å². The third-order valence-corrected chi connectivity index (χ3v) is 4.25. The highest BCUT2D eigenvalue weighted by atomic mass is 127. The molecule has 0 saturated carbocycles. The van der Waals surface area contributed by atoms with Crippen LogP contribution in [-0.2, 0) is 13.0 Å². The molecule has 0 aliphatic carbocycles. The first-order chi connectivity index (χ1) is 12.6. The van der Waals surface area contributed by atoms with E-state index in [9.17, 15) is 8.78 Å². The molecule has 1 N–H and O–H groups in total. The number of nitrogens with one attached hydrogen (secondary N) is 1. The van der Waals surface area contributed by atoms with Crippen LogP contribution >= 0.6 is 24.0 Å². The highest BCUT2D eigenvalue weighted by Gasteiger charge is 2.22. The maximum Gasteiger partial charge on any atom is 0.387 e. The molecule has 3 rings (SSSR count). The van der Waals surface area contributed by atoms with Crippen molar-refractivity contribution in [2.24, 2.45) is 4.99 Å². The first-order valence-electron chi connectivity index (χ1n) is 8.30. The number of hydrogen-bond acceptors (Lipinski definition) is 3. The minimum atomic E-state index is -2.90. The highest BCUT2D eigenvalue weighted by Crippen LogP contribution is 2.30. The molecule has 8 heteroatoms. The molecule has 0 atom stereocenters. The lowest BCUT2D eigenvalue weighted by Gasteiger charge is -2.22. The van der Waals surface area contributed by atoms with Gasteiger partial charge in [-0.1, -0.05) is 24.3 Å². The Bertz CT molecular complexity index is 802. The third kappa shape index (κ3) is 5.00. The van der Waals surface area contributed by atoms with Crippen molar-refractivity contribution in [1.82, 2.24) is 5.32 Å². The number of nitrogens with zero attached hydrogens (tertiary/aromatic N) is 2. The van der Waals surface area contributed by atoms with E-state index in [1.54, 1.807) is 25.2 Å². The lowest BCUT2D eigenvalue weighted by molar-refractivity contribution is -0.0512. The number of fused-ring (bicyclic) bond motifs is 1. The average molecular weight is 489 g/mol. The molecule has 1 aliphatic heterocycles. The van der Waals surface area contributed by atoms with Crippen molar-refractivity contribution in [1.29, 1.82) is 0 Å². The van der Waals surface area contributed by atoms with Gasteiger partial charge in [-0.05, 0) is 35.7 Å². The Morgan fingerprint density at radius 2 is 2.00 bits per heavy atom. The summed E-state index contributed by atoms with van der Waals surface area (Å²) in [5, 5.41) is 3.28. The zero-order valence-corrected chi connectivity index (χ0v) is 17.4. The normalized spacial score (nSPS) is 13.2. The molecule has 5 nitrogen and oxygen atoms in total. The van der Waals surface area contributed by atoms with Crippen LogP contribution in [0.5, 0.6) is 11.5 Å². The van der Waals surface area contributed by atoms with E-state index in [2.05, 4.69) is 32.1 Å². The van der Waals surface area contributed by atoms with E-state index in [4.69, 9.17) is 4.74 Å². The zero-order chi connectivity index (χ0) is 18.5. The molecule has 0 radical (unpaired) electrons. The van der Waals surface area contributed by atoms with Crippen LogP contribution in [0, 0.1) is 0 Å². The third-order valence-electron chi connectivity index (χ3n) is 4.25. The van der Waals surface area contributed by atoms with Crippen LogP contribution in [0.3, 0.4) is 0 Å². The van der Waals surface area contributed by atoms with E-state index in [-0.39, 0.29) is 35.5 Å². The van der Waals surface area contributed by atoms with Crippen molar-refractivity contribution >= 4 is 35.6 Å². The van der Waals surface area contributed by atoms with Crippen molar-refractivity contribution in [3.63, 3.8) is 0 Å². The SMILES string of the molecule is CN=C(NCc1ccc(OC)c(OC(F)F)c1)N1CCc2ccccc21.I. The Morgan fingerprint density at radius 1 is 1.22 bits per heavy atom. The minimum absolute atomic E-state index is 0. The summed E-state index contributed by atoms with van der Waals surface area (Å²) in [6, 6.07) is 13.2. The van der Waals surface area contributed by atoms with E-state index in [1.807, 2.05) is 12.1 Å². The molecule has 0 spiro atoms. The molecule has 27 heavy (non-hydrogen) atoms. The van der Waals surface area contributed by atoms with Gasteiger partial charge in [0.15, 0.2) is 17.5 Å². The van der Waals surface area contributed by atoms with Gasteiger partial charge in [-0.2, -0.15) is 8.78 Å². The number of rotatable bonds is 5. The zero-order valence-electron chi connectivity index (χ0n) is 15.1. The highest BCUT2D eigenvalue weighted by molar-refractivity contribution is 14.0. The molecule has 0 aromatic heterocycles. The van der Waals surface area contributed by atoms with Gasteiger partial charge >= 0.3 is 6.61 Å². The molecule has 2 aromatic rings. The van der Waals surface area contributed by atoms with E-state index < -0.39 is 6.61 Å². The minimum Gasteiger partial charge on any atom is -0.493 e. The fourth-order valence-electron chi connectivity index (χ4n) is 3.05. The molecule has 1 aliphatic rings. The quantitative estimate of drug-likeness (QED) is 0.391. The molecule has 0 bridgehead atoms. The average Bonchev–Trinajstić information content (AvgIpc) is 3.06. The van der Waals surface area contributed by atoms with Crippen molar-refractivity contribution in [2.75, 3.05) is 25.6 Å². The smallest absolute Gasteiger partial charge is 0.387 e. The second-order valence-corrected chi connectivity index (χ2v) is 5.79. The van der Waals surface area contributed by atoms with Crippen molar-refractivity contribution < 1.29 is 18.3 Å². The predicted octanol–water partition coefficient (Wildman–Crippen LogP) is 4.05. The molecule has 1 heterocycles. The van der Waals surface area contributed by atoms with E-state index in [0.717, 1.165) is 30.2 Å². The number of guanidine groups is 1. The second kappa shape index (κ2) is 9.72. The second-order valence-electron chi connectivity index (χ2n) is 5.79. The molecule has 0 amide bonds. The summed E-state index contributed by atoms with van der Waals surface area (Å²) in [4.78, 5) is 6.46.